The van der Waals surface area contributed by atoms with Crippen LogP contribution < -0.4 is 0 Å². The Kier molecular flexibility index (Phi) is 4.64. The molecule has 11 heavy (non-hydrogen) atoms. The average molecular weight is 174 g/mol. The fourth-order valence-corrected chi connectivity index (χ4v) is 2.42. The third-order valence-electron chi connectivity index (χ3n) is 1.93. The molecular formula is C8H18O2Si. The van der Waals surface area contributed by atoms with Gasteiger partial charge in [0.1, 0.15) is 0 Å². The van der Waals surface area contributed by atoms with Gasteiger partial charge in [-0.2, -0.15) is 0 Å². The van der Waals surface area contributed by atoms with Crippen molar-refractivity contribution in [3.05, 3.63) is 12.2 Å². The molecule has 0 aliphatic heterocycles. The van der Waals surface area contributed by atoms with Gasteiger partial charge in [-0.05, 0) is 13.0 Å². The fraction of sp³-hybridized carbons (Fsp3) is 0.750. The maximum absolute atomic E-state index is 5.32. The van der Waals surface area contributed by atoms with E-state index >= 15 is 0 Å². The van der Waals surface area contributed by atoms with Crippen molar-refractivity contribution < 1.29 is 8.85 Å². The molecule has 3 heteroatoms. The van der Waals surface area contributed by atoms with E-state index in [4.69, 9.17) is 8.85 Å². The molecule has 0 saturated heterocycles. The Morgan fingerprint density at radius 2 is 1.82 bits per heavy atom. The molecule has 0 N–H and O–H groups in total. The highest BCUT2D eigenvalue weighted by Crippen LogP contribution is 2.18. The van der Waals surface area contributed by atoms with E-state index in [0.717, 1.165) is 12.5 Å². The third-order valence-corrected chi connectivity index (χ3v) is 4.80. The summed E-state index contributed by atoms with van der Waals surface area (Å²) in [5.74, 6) is 0. The van der Waals surface area contributed by atoms with Crippen molar-refractivity contribution in [1.29, 1.82) is 0 Å². The second-order valence-electron chi connectivity index (χ2n) is 2.82. The summed E-state index contributed by atoms with van der Waals surface area (Å²) in [7, 11) is 1.53. The lowest BCUT2D eigenvalue weighted by Gasteiger charge is -2.23. The van der Waals surface area contributed by atoms with Gasteiger partial charge in [-0.3, -0.25) is 0 Å². The van der Waals surface area contributed by atoms with Gasteiger partial charge in [0.05, 0.1) is 0 Å². The summed E-state index contributed by atoms with van der Waals surface area (Å²) < 4.78 is 10.6. The fourth-order valence-electron chi connectivity index (χ4n) is 0.807. The van der Waals surface area contributed by atoms with Crippen LogP contribution in [0.4, 0.5) is 0 Å². The van der Waals surface area contributed by atoms with Crippen molar-refractivity contribution in [3.63, 3.8) is 0 Å². The molecule has 0 aromatic rings. The summed E-state index contributed by atoms with van der Waals surface area (Å²) in [6.45, 7) is 8.08. The monoisotopic (exact) mass is 174 g/mol. The third kappa shape index (κ3) is 3.70. The molecule has 0 aliphatic carbocycles. The molecule has 0 heterocycles. The highest BCUT2D eigenvalue weighted by atomic mass is 28.4. The summed E-state index contributed by atoms with van der Waals surface area (Å²) in [6, 6.07) is 0.899. The quantitative estimate of drug-likeness (QED) is 0.470. The number of allylic oxidation sites excluding steroid dienone is 1. The van der Waals surface area contributed by atoms with Gasteiger partial charge in [0.25, 0.3) is 0 Å². The number of hydrogen-bond acceptors (Lipinski definition) is 2. The van der Waals surface area contributed by atoms with Gasteiger partial charge in [0.2, 0.25) is 0 Å². The van der Waals surface area contributed by atoms with Crippen LogP contribution in [0.2, 0.25) is 12.6 Å². The van der Waals surface area contributed by atoms with E-state index in [1.807, 2.05) is 6.55 Å². The predicted molar refractivity (Wildman–Crippen MR) is 49.9 cm³/mol. The van der Waals surface area contributed by atoms with Crippen LogP contribution in [-0.4, -0.2) is 22.8 Å². The van der Waals surface area contributed by atoms with Crippen LogP contribution >= 0.6 is 0 Å². The van der Waals surface area contributed by atoms with E-state index in [9.17, 15) is 0 Å². The minimum Gasteiger partial charge on any atom is -0.398 e. The normalized spacial score (nSPS) is 11.6. The lowest BCUT2D eigenvalue weighted by atomic mass is 10.3. The van der Waals surface area contributed by atoms with E-state index in [-0.39, 0.29) is 0 Å². The predicted octanol–water partition coefficient (Wildman–Crippen LogP) is 2.32. The molecule has 0 amide bonds. The molecule has 0 rings (SSSR count). The maximum atomic E-state index is 5.32. The molecule has 0 radical (unpaired) electrons. The molecule has 0 bridgehead atoms. The smallest absolute Gasteiger partial charge is 0.338 e. The highest BCUT2D eigenvalue weighted by Gasteiger charge is 2.28. The SMILES string of the molecule is C=C(CC)C[Si](C)(OC)OC. The zero-order chi connectivity index (χ0) is 8.91. The molecular weight excluding hydrogens is 156 g/mol. The number of hydrogen-bond donors (Lipinski definition) is 0. The Hall–Kier alpha value is -0.123. The van der Waals surface area contributed by atoms with Gasteiger partial charge in [0, 0.05) is 20.3 Å². The molecule has 0 spiro atoms. The van der Waals surface area contributed by atoms with Crippen molar-refractivity contribution in [2.24, 2.45) is 0 Å². The molecule has 0 aromatic heterocycles. The Balaban J connectivity index is 3.96. The van der Waals surface area contributed by atoms with E-state index in [0.29, 0.717) is 0 Å². The van der Waals surface area contributed by atoms with Crippen molar-refractivity contribution >= 4 is 8.56 Å². The van der Waals surface area contributed by atoms with Gasteiger partial charge in [-0.25, -0.2) is 0 Å². The van der Waals surface area contributed by atoms with Gasteiger partial charge in [-0.1, -0.05) is 19.1 Å². The standard InChI is InChI=1S/C8H18O2Si/c1-6-8(2)7-11(5,9-3)10-4/h2,6-7H2,1,3-5H3. The summed E-state index contributed by atoms with van der Waals surface area (Å²) in [6.07, 6.45) is 1.01. The Bertz CT molecular complexity index is 130. The van der Waals surface area contributed by atoms with Crippen molar-refractivity contribution in [2.45, 2.75) is 25.9 Å². The molecule has 0 aromatic carbocycles. The van der Waals surface area contributed by atoms with Gasteiger partial charge in [0.15, 0.2) is 0 Å². The molecule has 0 aliphatic rings. The summed E-state index contributed by atoms with van der Waals surface area (Å²) >= 11 is 0. The Labute approximate surface area is 70.5 Å². The van der Waals surface area contributed by atoms with Gasteiger partial charge in [-0.15, -0.1) is 0 Å². The minimum absolute atomic E-state index is 0.899. The molecule has 2 nitrogen and oxygen atoms in total. The molecule has 66 valence electrons. The average Bonchev–Trinajstić information content (AvgIpc) is 2.04. The minimum atomic E-state index is -1.88. The largest absolute Gasteiger partial charge is 0.398 e. The van der Waals surface area contributed by atoms with Crippen LogP contribution in [-0.2, 0) is 8.85 Å². The Morgan fingerprint density at radius 3 is 2.09 bits per heavy atom. The molecule has 0 unspecified atom stereocenters. The first-order valence-corrected chi connectivity index (χ1v) is 6.37. The van der Waals surface area contributed by atoms with Crippen LogP contribution in [0.15, 0.2) is 12.2 Å². The molecule has 0 atom stereocenters. The second-order valence-corrected chi connectivity index (χ2v) is 6.26. The van der Waals surface area contributed by atoms with Crippen molar-refractivity contribution in [2.75, 3.05) is 14.2 Å². The first-order valence-electron chi connectivity index (χ1n) is 3.85. The summed E-state index contributed by atoms with van der Waals surface area (Å²) in [4.78, 5) is 0. The maximum Gasteiger partial charge on any atom is 0.338 e. The first-order chi connectivity index (χ1) is 5.08. The van der Waals surface area contributed by atoms with E-state index in [1.165, 1.54) is 5.57 Å². The van der Waals surface area contributed by atoms with Crippen molar-refractivity contribution in [1.82, 2.24) is 0 Å². The van der Waals surface area contributed by atoms with Crippen molar-refractivity contribution in [3.8, 4) is 0 Å². The van der Waals surface area contributed by atoms with Crippen LogP contribution in [0.5, 0.6) is 0 Å². The summed E-state index contributed by atoms with van der Waals surface area (Å²) in [5, 5.41) is 0. The zero-order valence-electron chi connectivity index (χ0n) is 7.94. The van der Waals surface area contributed by atoms with Gasteiger partial charge >= 0.3 is 8.56 Å². The zero-order valence-corrected chi connectivity index (χ0v) is 8.94. The first kappa shape index (κ1) is 10.9. The Morgan fingerprint density at radius 1 is 1.36 bits per heavy atom. The van der Waals surface area contributed by atoms with Crippen LogP contribution in [0.3, 0.4) is 0 Å². The van der Waals surface area contributed by atoms with E-state index in [2.05, 4.69) is 13.5 Å². The lowest BCUT2D eigenvalue weighted by molar-refractivity contribution is 0.252. The van der Waals surface area contributed by atoms with Crippen LogP contribution in [0.1, 0.15) is 13.3 Å². The van der Waals surface area contributed by atoms with Crippen LogP contribution in [0.25, 0.3) is 0 Å². The molecule has 0 fully saturated rings. The second kappa shape index (κ2) is 4.69. The lowest BCUT2D eigenvalue weighted by Crippen LogP contribution is -2.36. The van der Waals surface area contributed by atoms with E-state index < -0.39 is 8.56 Å². The number of rotatable bonds is 5. The van der Waals surface area contributed by atoms with E-state index in [1.54, 1.807) is 14.2 Å². The van der Waals surface area contributed by atoms with Gasteiger partial charge < -0.3 is 8.85 Å². The van der Waals surface area contributed by atoms with Crippen LogP contribution in [0, 0.1) is 0 Å². The summed E-state index contributed by atoms with van der Waals surface area (Å²) in [5.41, 5.74) is 1.21. The topological polar surface area (TPSA) is 18.5 Å². The highest BCUT2D eigenvalue weighted by molar-refractivity contribution is 6.66. The molecule has 0 saturated carbocycles.